The number of methoxy groups -OCH3 is 1. The second-order valence-electron chi connectivity index (χ2n) is 9.28. The number of carbonyl (C=O) groups is 2. The van der Waals surface area contributed by atoms with Crippen molar-refractivity contribution in [3.8, 4) is 5.75 Å². The Morgan fingerprint density at radius 1 is 1.22 bits per heavy atom. The molecule has 220 valence electrons. The van der Waals surface area contributed by atoms with Gasteiger partial charge in [-0.1, -0.05) is 14.6 Å². The van der Waals surface area contributed by atoms with Crippen LogP contribution in [0.3, 0.4) is 0 Å². The largest absolute Gasteiger partial charge is 0.497 e. The third-order valence-corrected chi connectivity index (χ3v) is 6.65. The van der Waals surface area contributed by atoms with Crippen LogP contribution < -0.4 is 20.5 Å². The number of nitrogens with one attached hydrogen (secondary N) is 1. The smallest absolute Gasteiger partial charge is 0.274 e. The standard InChI is InChI=1S/C28H33F2N3O6P2/c1-16(40)13-21(38-3)14-19(29)15-22-17(2)33(23-5-4-10-32(11-12-34)26(23)36)27(37)24(22)31-25(35)18-6-8-20(9-7-18)39-28(30)41/h4-10,13-15,17,22,24,28,34H,11-12,40-41H2,1-3H3,(H,31,35)/b16-13+,19-15-,21-14+/t17-,22-,24+,28?/m1/s1. The van der Waals surface area contributed by atoms with Crippen LogP contribution in [0.2, 0.25) is 0 Å². The Labute approximate surface area is 241 Å². The van der Waals surface area contributed by atoms with Crippen molar-refractivity contribution >= 4 is 36.0 Å². The fourth-order valence-corrected chi connectivity index (χ4v) is 4.80. The second kappa shape index (κ2) is 14.5. The predicted molar refractivity (Wildman–Crippen MR) is 159 cm³/mol. The zero-order valence-electron chi connectivity index (χ0n) is 22.8. The summed E-state index contributed by atoms with van der Waals surface area (Å²) in [4.78, 5) is 41.3. The van der Waals surface area contributed by atoms with Gasteiger partial charge in [-0.05, 0) is 62.4 Å². The van der Waals surface area contributed by atoms with Gasteiger partial charge < -0.3 is 29.4 Å². The van der Waals surface area contributed by atoms with Gasteiger partial charge in [0.2, 0.25) is 6.10 Å². The molecule has 0 bridgehead atoms. The fourth-order valence-electron chi connectivity index (χ4n) is 4.48. The van der Waals surface area contributed by atoms with Gasteiger partial charge in [0.1, 0.15) is 29.1 Å². The van der Waals surface area contributed by atoms with Crippen LogP contribution in [0.15, 0.2) is 82.5 Å². The Hall–Kier alpha value is -3.39. The van der Waals surface area contributed by atoms with Crippen LogP contribution in [-0.2, 0) is 16.1 Å². The van der Waals surface area contributed by atoms with Crippen molar-refractivity contribution in [1.29, 1.82) is 0 Å². The molecule has 2 aromatic rings. The van der Waals surface area contributed by atoms with Gasteiger partial charge in [-0.3, -0.25) is 14.4 Å². The summed E-state index contributed by atoms with van der Waals surface area (Å²) in [5, 5.41) is 12.8. The van der Waals surface area contributed by atoms with Crippen molar-refractivity contribution in [2.75, 3.05) is 18.6 Å². The molecule has 13 heteroatoms. The maximum Gasteiger partial charge on any atom is 0.274 e. The molecule has 41 heavy (non-hydrogen) atoms. The SMILES string of the molecule is COC(/C=C(\C)P)=C/C(F)=C/[C@H]1[C@H](NC(=O)c2ccc(OC(F)P)cc2)C(=O)N(c2cccn(CCO)c2=O)[C@@H]1C. The van der Waals surface area contributed by atoms with Crippen LogP contribution in [0.4, 0.5) is 14.5 Å². The Morgan fingerprint density at radius 3 is 2.49 bits per heavy atom. The second-order valence-corrected chi connectivity index (χ2v) is 10.7. The first-order valence-corrected chi connectivity index (χ1v) is 13.9. The van der Waals surface area contributed by atoms with Crippen LogP contribution in [0.25, 0.3) is 0 Å². The van der Waals surface area contributed by atoms with E-state index < -0.39 is 47.3 Å². The van der Waals surface area contributed by atoms with E-state index in [2.05, 4.69) is 14.6 Å². The van der Waals surface area contributed by atoms with Crippen LogP contribution in [0.1, 0.15) is 24.2 Å². The number of benzene rings is 1. The summed E-state index contributed by atoms with van der Waals surface area (Å²) in [6.45, 7) is 3.18. The van der Waals surface area contributed by atoms with E-state index in [9.17, 15) is 23.9 Å². The number of ether oxygens (including phenoxy) is 2. The zero-order chi connectivity index (χ0) is 30.3. The minimum Gasteiger partial charge on any atom is -0.497 e. The summed E-state index contributed by atoms with van der Waals surface area (Å²) >= 11 is 0. The first-order chi connectivity index (χ1) is 19.5. The molecule has 0 radical (unpaired) electrons. The first-order valence-electron chi connectivity index (χ1n) is 12.6. The zero-order valence-corrected chi connectivity index (χ0v) is 25.1. The number of rotatable bonds is 11. The molecule has 0 aliphatic carbocycles. The summed E-state index contributed by atoms with van der Waals surface area (Å²) in [6.07, 6.45) is 3.84. The number of nitrogens with zero attached hydrogens (tertiary/aromatic N) is 2. The highest BCUT2D eigenvalue weighted by Crippen LogP contribution is 2.32. The summed E-state index contributed by atoms with van der Waals surface area (Å²) < 4.78 is 39.8. The van der Waals surface area contributed by atoms with Gasteiger partial charge in [-0.25, -0.2) is 4.39 Å². The van der Waals surface area contributed by atoms with Crippen molar-refractivity contribution in [3.05, 3.63) is 93.6 Å². The number of pyridine rings is 1. The lowest BCUT2D eigenvalue weighted by atomic mass is 9.95. The van der Waals surface area contributed by atoms with Gasteiger partial charge in [-0.15, -0.1) is 9.24 Å². The molecule has 9 nitrogen and oxygen atoms in total. The number of carbonyl (C=O) groups excluding carboxylic acids is 2. The molecule has 3 rings (SSSR count). The van der Waals surface area contributed by atoms with E-state index in [1.165, 1.54) is 59.2 Å². The van der Waals surface area contributed by atoms with Crippen LogP contribution >= 0.6 is 18.5 Å². The fraction of sp³-hybridized carbons (Fsp3) is 0.321. The molecule has 2 amide bonds. The average Bonchev–Trinajstić information content (AvgIpc) is 3.13. The molecule has 1 aromatic carbocycles. The molecule has 1 saturated heterocycles. The number of amides is 2. The molecule has 6 atom stereocenters. The Balaban J connectivity index is 2.02. The minimum atomic E-state index is -1.62. The van der Waals surface area contributed by atoms with E-state index in [4.69, 9.17) is 9.47 Å². The third-order valence-electron chi connectivity index (χ3n) is 6.34. The average molecular weight is 608 g/mol. The van der Waals surface area contributed by atoms with Crippen LogP contribution in [0, 0.1) is 5.92 Å². The van der Waals surface area contributed by atoms with Gasteiger partial charge in [0.15, 0.2) is 0 Å². The highest BCUT2D eigenvalue weighted by Gasteiger charge is 2.47. The number of aliphatic hydroxyl groups excluding tert-OH is 1. The molecular formula is C28H33F2N3O6P2. The van der Waals surface area contributed by atoms with Gasteiger partial charge in [0.25, 0.3) is 17.4 Å². The Bertz CT molecular complexity index is 1400. The molecule has 2 N–H and O–H groups in total. The maximum atomic E-state index is 15.3. The lowest BCUT2D eigenvalue weighted by Crippen LogP contribution is -2.44. The topological polar surface area (TPSA) is 110 Å². The monoisotopic (exact) mass is 607 g/mol. The van der Waals surface area contributed by atoms with Gasteiger partial charge in [0.05, 0.1) is 13.7 Å². The van der Waals surface area contributed by atoms with Crippen molar-refractivity contribution in [2.24, 2.45) is 5.92 Å². The summed E-state index contributed by atoms with van der Waals surface area (Å²) in [5.41, 5.74) is -0.329. The highest BCUT2D eigenvalue weighted by atomic mass is 31.0. The van der Waals surface area contributed by atoms with Gasteiger partial charge in [-0.2, -0.15) is 4.39 Å². The minimum absolute atomic E-state index is 0.0219. The lowest BCUT2D eigenvalue weighted by molar-refractivity contribution is -0.119. The first kappa shape index (κ1) is 32.1. The van der Waals surface area contributed by atoms with E-state index in [1.807, 2.05) is 9.24 Å². The maximum absolute atomic E-state index is 15.3. The molecule has 1 fully saturated rings. The number of alkyl halides is 1. The number of aliphatic hydroxyl groups is 1. The number of aromatic nitrogens is 1. The van der Waals surface area contributed by atoms with Crippen molar-refractivity contribution in [2.45, 2.75) is 38.6 Å². The van der Waals surface area contributed by atoms with E-state index in [0.717, 1.165) is 11.4 Å². The molecule has 1 aliphatic heterocycles. The molecule has 0 spiro atoms. The third kappa shape index (κ3) is 8.09. The highest BCUT2D eigenvalue weighted by molar-refractivity contribution is 7.22. The molecular weight excluding hydrogens is 574 g/mol. The van der Waals surface area contributed by atoms with Crippen LogP contribution in [0.5, 0.6) is 5.75 Å². The lowest BCUT2D eigenvalue weighted by Gasteiger charge is -2.23. The van der Waals surface area contributed by atoms with Gasteiger partial charge in [0, 0.05) is 36.3 Å². The normalized spacial score (nSPS) is 20.7. The summed E-state index contributed by atoms with van der Waals surface area (Å²) in [7, 11) is 5.71. The van der Waals surface area contributed by atoms with Crippen LogP contribution in [-0.4, -0.2) is 53.4 Å². The molecule has 2 heterocycles. The predicted octanol–water partition coefficient (Wildman–Crippen LogP) is 3.66. The van der Waals surface area contributed by atoms with Crippen molar-refractivity contribution in [1.82, 2.24) is 9.88 Å². The quantitative estimate of drug-likeness (QED) is 0.229. The van der Waals surface area contributed by atoms with E-state index >= 15 is 4.39 Å². The molecule has 3 unspecified atom stereocenters. The van der Waals surface area contributed by atoms with E-state index in [0.29, 0.717) is 0 Å². The Kier molecular flexibility index (Phi) is 11.4. The van der Waals surface area contributed by atoms with Crippen molar-refractivity contribution in [3.63, 3.8) is 0 Å². The number of anilines is 1. The number of hydrogen-bond donors (Lipinski definition) is 2. The molecule has 1 aromatic heterocycles. The molecule has 1 aliphatic rings. The van der Waals surface area contributed by atoms with E-state index in [1.54, 1.807) is 26.0 Å². The van der Waals surface area contributed by atoms with Crippen molar-refractivity contribution < 1.29 is 33.0 Å². The van der Waals surface area contributed by atoms with Gasteiger partial charge >= 0.3 is 0 Å². The number of halogens is 2. The molecule has 0 saturated carbocycles. The summed E-state index contributed by atoms with van der Waals surface area (Å²) in [5.74, 6) is -2.41. The number of hydrogen-bond acceptors (Lipinski definition) is 6. The summed E-state index contributed by atoms with van der Waals surface area (Å²) in [6, 6.07) is 6.67. The Morgan fingerprint density at radius 2 is 1.90 bits per heavy atom. The number of allylic oxidation sites excluding steroid dienone is 4. The van der Waals surface area contributed by atoms with E-state index in [-0.39, 0.29) is 35.9 Å².